The lowest BCUT2D eigenvalue weighted by atomic mass is 9.83. The van der Waals surface area contributed by atoms with Crippen LogP contribution in [0.3, 0.4) is 0 Å². The van der Waals surface area contributed by atoms with E-state index in [0.29, 0.717) is 0 Å². The minimum atomic E-state index is -10.0. The summed E-state index contributed by atoms with van der Waals surface area (Å²) in [6.07, 6.45) is -8.33. The number of rotatable bonds is 14. The lowest BCUT2D eigenvalue weighted by molar-refractivity contribution is -0.487. The Balaban J connectivity index is 7.65. The molecule has 0 radical (unpaired) electrons. The molecule has 49 heavy (non-hydrogen) atoms. The Morgan fingerprint density at radius 2 is 0.469 bits per heavy atom. The maximum Gasteiger partial charge on any atom is 0.460 e. The third-order valence-electron chi connectivity index (χ3n) is 6.05. The topological polar surface area (TPSA) is 34.1 Å². The first-order valence-corrected chi connectivity index (χ1v) is 12.7. The summed E-state index contributed by atoms with van der Waals surface area (Å²) in [5.74, 6) is -122. The summed E-state index contributed by atoms with van der Waals surface area (Å²) < 4.78 is 411. The van der Waals surface area contributed by atoms with Crippen molar-refractivity contribution < 1.29 is 136 Å². The Hall–Kier alpha value is -1.79. The fourth-order valence-corrected chi connectivity index (χ4v) is 3.63. The van der Waals surface area contributed by atoms with E-state index in [1.165, 1.54) is 0 Å². The van der Waals surface area contributed by atoms with Gasteiger partial charge in [0.05, 0.1) is 0 Å². The Labute approximate surface area is 251 Å². The van der Waals surface area contributed by atoms with Gasteiger partial charge in [-0.25, -0.2) is 8.42 Å². The third-order valence-corrected chi connectivity index (χ3v) is 7.99. The van der Waals surface area contributed by atoms with Crippen molar-refractivity contribution in [2.75, 3.05) is 0 Å². The zero-order valence-corrected chi connectivity index (χ0v) is 22.7. The highest BCUT2D eigenvalue weighted by Crippen LogP contribution is 2.69. The molecule has 0 saturated carbocycles. The first-order chi connectivity index (χ1) is 20.4. The van der Waals surface area contributed by atoms with E-state index < -0.39 is 104 Å². The average Bonchev–Trinajstić information content (AvgIpc) is 2.85. The van der Waals surface area contributed by atoms with Crippen LogP contribution in [0.2, 0.25) is 0 Å². The molecule has 0 fully saturated rings. The van der Waals surface area contributed by atoms with E-state index in [1.54, 1.807) is 0 Å². The average molecular weight is 847 g/mol. The van der Waals surface area contributed by atoms with Crippen LogP contribution in [0.1, 0.15) is 6.92 Å². The second kappa shape index (κ2) is 11.4. The molecular weight excluding hydrogens is 843 g/mol. The molecule has 0 aliphatic carbocycles. The summed E-state index contributed by atoms with van der Waals surface area (Å²) in [5, 5.41) is -4.73. The molecule has 0 aromatic carbocycles. The summed E-state index contributed by atoms with van der Waals surface area (Å²) in [6, 6.07) is 0. The van der Waals surface area contributed by atoms with Gasteiger partial charge < -0.3 is 0 Å². The van der Waals surface area contributed by atoms with E-state index in [1.807, 2.05) is 0 Å². The van der Waals surface area contributed by atoms with Gasteiger partial charge in [-0.3, -0.25) is 0 Å². The van der Waals surface area contributed by atoms with Crippen LogP contribution in [-0.2, 0) is 9.05 Å². The molecular formula is C16H4ClF29O2S. The largest absolute Gasteiger partial charge is 0.460 e. The van der Waals surface area contributed by atoms with Crippen LogP contribution in [0.5, 0.6) is 0 Å². The molecule has 0 aromatic rings. The SMILES string of the molecule is CC(C(F)(F)C(F)(F)C(F)(F)C(F)(F)C(F)(F)C(F)(F)C(F)(F)C(F)(F)C(F)(F)C(F)(F)C(F)(F)C(F)(F)C(F)(F)C(F)(F)F)S(=O)(=O)Cl. The van der Waals surface area contributed by atoms with Gasteiger partial charge in [0.2, 0.25) is 9.05 Å². The first-order valence-electron chi connectivity index (χ1n) is 10.3. The van der Waals surface area contributed by atoms with Crippen LogP contribution in [0.25, 0.3) is 0 Å². The first kappa shape index (κ1) is 47.2. The molecule has 2 nitrogen and oxygen atoms in total. The van der Waals surface area contributed by atoms with Gasteiger partial charge in [-0.05, 0) is 6.92 Å². The van der Waals surface area contributed by atoms with Gasteiger partial charge in [-0.15, -0.1) is 0 Å². The highest BCUT2D eigenvalue weighted by atomic mass is 35.7. The lowest BCUT2D eigenvalue weighted by Crippen LogP contribution is -2.79. The Bertz CT molecular complexity index is 1340. The molecule has 0 rings (SSSR count). The molecule has 0 saturated heterocycles. The van der Waals surface area contributed by atoms with E-state index in [9.17, 15) is 136 Å². The van der Waals surface area contributed by atoms with Gasteiger partial charge >= 0.3 is 83.2 Å². The molecule has 0 aliphatic heterocycles. The van der Waals surface area contributed by atoms with E-state index in [2.05, 4.69) is 10.7 Å². The minimum absolute atomic E-state index is 0.960. The van der Waals surface area contributed by atoms with E-state index in [-0.39, 0.29) is 0 Å². The van der Waals surface area contributed by atoms with Crippen molar-refractivity contribution in [1.29, 1.82) is 0 Å². The summed E-state index contributed by atoms with van der Waals surface area (Å²) >= 11 is 0. The van der Waals surface area contributed by atoms with E-state index in [4.69, 9.17) is 0 Å². The van der Waals surface area contributed by atoms with Crippen molar-refractivity contribution >= 4 is 19.7 Å². The number of alkyl halides is 29. The predicted molar refractivity (Wildman–Crippen MR) is 94.6 cm³/mol. The molecule has 0 bridgehead atoms. The van der Waals surface area contributed by atoms with E-state index >= 15 is 0 Å². The zero-order chi connectivity index (χ0) is 41.1. The predicted octanol–water partition coefficient (Wildman–Crippen LogP) is 9.76. The summed E-state index contributed by atoms with van der Waals surface area (Å²) in [7, 11) is -2.45. The quantitative estimate of drug-likeness (QED) is 0.129. The number of halogens is 30. The zero-order valence-electron chi connectivity index (χ0n) is 21.1. The maximum atomic E-state index is 13.8. The van der Waals surface area contributed by atoms with Gasteiger partial charge in [0.25, 0.3) is 0 Å². The second-order valence-electron chi connectivity index (χ2n) is 9.13. The molecule has 1 unspecified atom stereocenters. The molecule has 0 amide bonds. The minimum Gasteiger partial charge on any atom is -0.212 e. The fraction of sp³-hybridized carbons (Fsp3) is 1.00. The van der Waals surface area contributed by atoms with Crippen LogP contribution in [-0.4, -0.2) is 96.8 Å². The Morgan fingerprint density at radius 1 is 0.327 bits per heavy atom. The highest BCUT2D eigenvalue weighted by molar-refractivity contribution is 8.14. The van der Waals surface area contributed by atoms with Gasteiger partial charge in [0.15, 0.2) is 0 Å². The van der Waals surface area contributed by atoms with Crippen molar-refractivity contribution in [2.45, 2.75) is 95.3 Å². The van der Waals surface area contributed by atoms with Crippen molar-refractivity contribution in [3.63, 3.8) is 0 Å². The number of hydrogen-bond acceptors (Lipinski definition) is 2. The maximum absolute atomic E-state index is 13.8. The van der Waals surface area contributed by atoms with Gasteiger partial charge in [-0.2, -0.15) is 127 Å². The normalized spacial score (nSPS) is 17.8. The highest BCUT2D eigenvalue weighted by Gasteiger charge is 3.01. The van der Waals surface area contributed by atoms with Gasteiger partial charge in [-0.1, -0.05) is 0 Å². The molecule has 33 heteroatoms. The molecule has 0 N–H and O–H groups in total. The van der Waals surface area contributed by atoms with Crippen LogP contribution < -0.4 is 0 Å². The standard InChI is InChI=1S/C16H4ClF29O2S/c1-2(49(17,47)48)3(18,19)4(20,21)5(22,23)6(24,25)7(26,27)8(28,29)9(30,31)10(32,33)11(34,35)12(36,37)13(38,39)14(40,41)15(42,43)16(44,45)46/h2H,1H3. The van der Waals surface area contributed by atoms with Gasteiger partial charge in [0, 0.05) is 10.7 Å². The number of hydrogen-bond donors (Lipinski definition) is 0. The lowest BCUT2D eigenvalue weighted by Gasteiger charge is -2.46. The van der Waals surface area contributed by atoms with Crippen LogP contribution in [0.4, 0.5) is 127 Å². The summed E-state index contributed by atoms with van der Waals surface area (Å²) in [5.41, 5.74) is 0. The molecule has 0 aromatic heterocycles. The molecule has 296 valence electrons. The second-order valence-corrected chi connectivity index (χ2v) is 12.1. The summed E-state index contributed by atoms with van der Waals surface area (Å²) in [6.45, 7) is -0.960. The van der Waals surface area contributed by atoms with Crippen LogP contribution in [0, 0.1) is 0 Å². The Morgan fingerprint density at radius 3 is 0.612 bits per heavy atom. The molecule has 0 aliphatic rings. The van der Waals surface area contributed by atoms with E-state index in [0.717, 1.165) is 0 Å². The Kier molecular flexibility index (Phi) is 10.9. The summed E-state index contributed by atoms with van der Waals surface area (Å²) in [4.78, 5) is 0. The van der Waals surface area contributed by atoms with Gasteiger partial charge in [0.1, 0.15) is 5.25 Å². The van der Waals surface area contributed by atoms with Crippen molar-refractivity contribution in [3.8, 4) is 0 Å². The van der Waals surface area contributed by atoms with Crippen LogP contribution >= 0.6 is 10.7 Å². The smallest absolute Gasteiger partial charge is 0.212 e. The monoisotopic (exact) mass is 846 g/mol. The third kappa shape index (κ3) is 5.58. The van der Waals surface area contributed by atoms with Crippen molar-refractivity contribution in [2.24, 2.45) is 0 Å². The molecule has 0 heterocycles. The van der Waals surface area contributed by atoms with Crippen molar-refractivity contribution in [1.82, 2.24) is 0 Å². The molecule has 0 spiro atoms. The fourth-order valence-electron chi connectivity index (χ4n) is 2.79. The van der Waals surface area contributed by atoms with Crippen LogP contribution in [0.15, 0.2) is 0 Å². The van der Waals surface area contributed by atoms with Crippen molar-refractivity contribution in [3.05, 3.63) is 0 Å². The molecule has 1 atom stereocenters.